The van der Waals surface area contributed by atoms with Gasteiger partial charge in [-0.3, -0.25) is 10.1 Å². The molecular weight excluding hydrogens is 285 g/mol. The first kappa shape index (κ1) is 14.1. The van der Waals surface area contributed by atoms with E-state index in [0.717, 1.165) is 24.3 Å². The van der Waals surface area contributed by atoms with E-state index >= 15 is 0 Å². The topological polar surface area (TPSA) is 77.3 Å². The summed E-state index contributed by atoms with van der Waals surface area (Å²) in [5.41, 5.74) is -0.153. The highest BCUT2D eigenvalue weighted by molar-refractivity contribution is 7.90. The van der Waals surface area contributed by atoms with Crippen molar-refractivity contribution < 1.29 is 17.7 Å². The Kier molecular flexibility index (Phi) is 3.80. The lowest BCUT2D eigenvalue weighted by atomic mass is 10.2. The first-order chi connectivity index (χ1) is 9.40. The second kappa shape index (κ2) is 5.38. The molecule has 0 fully saturated rings. The Morgan fingerprint density at radius 3 is 2.25 bits per heavy atom. The summed E-state index contributed by atoms with van der Waals surface area (Å²) >= 11 is 0. The third-order valence-electron chi connectivity index (χ3n) is 2.71. The largest absolute Gasteiger partial charge is 0.273 e. The molecule has 0 amide bonds. The number of rotatable bonds is 4. The van der Waals surface area contributed by atoms with E-state index in [4.69, 9.17) is 0 Å². The summed E-state index contributed by atoms with van der Waals surface area (Å²) in [6.45, 7) is 0. The number of para-hydroxylation sites is 1. The van der Waals surface area contributed by atoms with Crippen molar-refractivity contribution in [3.05, 3.63) is 70.0 Å². The van der Waals surface area contributed by atoms with Crippen molar-refractivity contribution in [2.75, 3.05) is 0 Å². The van der Waals surface area contributed by atoms with Crippen LogP contribution in [0.3, 0.4) is 0 Å². The molecule has 2 aromatic carbocycles. The van der Waals surface area contributed by atoms with E-state index in [0.29, 0.717) is 0 Å². The molecule has 7 heteroatoms. The second-order valence-corrected chi connectivity index (χ2v) is 6.09. The maximum Gasteiger partial charge on any atom is 0.273 e. The molecule has 0 unspecified atom stereocenters. The standard InChI is InChI=1S/C13H10FNO4S/c14-11-5-7-12(8-6-11)20(18,19)9-10-3-1-2-4-13(10)15(16)17/h1-8H,9H2. The highest BCUT2D eigenvalue weighted by Gasteiger charge is 2.21. The molecule has 2 rings (SSSR count). The molecule has 0 N–H and O–H groups in total. The van der Waals surface area contributed by atoms with E-state index in [9.17, 15) is 22.9 Å². The van der Waals surface area contributed by atoms with Crippen LogP contribution in [-0.4, -0.2) is 13.3 Å². The van der Waals surface area contributed by atoms with Crippen LogP contribution in [0.4, 0.5) is 10.1 Å². The van der Waals surface area contributed by atoms with Crippen molar-refractivity contribution >= 4 is 15.5 Å². The second-order valence-electron chi connectivity index (χ2n) is 4.10. The summed E-state index contributed by atoms with van der Waals surface area (Å²) in [5.74, 6) is -1.05. The molecule has 20 heavy (non-hydrogen) atoms. The van der Waals surface area contributed by atoms with E-state index < -0.39 is 26.3 Å². The summed E-state index contributed by atoms with van der Waals surface area (Å²) in [5, 5.41) is 10.8. The molecule has 0 spiro atoms. The highest BCUT2D eigenvalue weighted by Crippen LogP contribution is 2.23. The van der Waals surface area contributed by atoms with Crippen LogP contribution < -0.4 is 0 Å². The Hall–Kier alpha value is -2.28. The first-order valence-electron chi connectivity index (χ1n) is 5.61. The van der Waals surface area contributed by atoms with Crippen molar-refractivity contribution in [3.8, 4) is 0 Å². The molecule has 104 valence electrons. The monoisotopic (exact) mass is 295 g/mol. The molecule has 0 saturated heterocycles. The van der Waals surface area contributed by atoms with E-state index in [2.05, 4.69) is 0 Å². The first-order valence-corrected chi connectivity index (χ1v) is 7.26. The van der Waals surface area contributed by atoms with Gasteiger partial charge < -0.3 is 0 Å². The summed E-state index contributed by atoms with van der Waals surface area (Å²) in [6.07, 6.45) is 0. The van der Waals surface area contributed by atoms with Crippen molar-refractivity contribution in [2.24, 2.45) is 0 Å². The Balaban J connectivity index is 2.38. The van der Waals surface area contributed by atoms with Crippen molar-refractivity contribution in [2.45, 2.75) is 10.6 Å². The molecule has 0 aliphatic heterocycles. The number of hydrogen-bond donors (Lipinski definition) is 0. The fraction of sp³-hybridized carbons (Fsp3) is 0.0769. The van der Waals surface area contributed by atoms with Gasteiger partial charge in [-0.2, -0.15) is 0 Å². The number of benzene rings is 2. The predicted octanol–water partition coefficient (Wildman–Crippen LogP) is 2.71. The zero-order valence-electron chi connectivity index (χ0n) is 10.2. The van der Waals surface area contributed by atoms with Crippen LogP contribution in [0.1, 0.15) is 5.56 Å². The fourth-order valence-corrected chi connectivity index (χ4v) is 3.11. The summed E-state index contributed by atoms with van der Waals surface area (Å²) in [4.78, 5) is 10.1. The van der Waals surface area contributed by atoms with Gasteiger partial charge in [0.05, 0.1) is 15.6 Å². The normalized spacial score (nSPS) is 11.2. The van der Waals surface area contributed by atoms with Gasteiger partial charge in [-0.1, -0.05) is 18.2 Å². The molecule has 0 saturated carbocycles. The minimum absolute atomic E-state index is 0.0722. The number of nitro groups is 1. The van der Waals surface area contributed by atoms with Crippen molar-refractivity contribution in [1.82, 2.24) is 0 Å². The molecule has 2 aromatic rings. The zero-order valence-corrected chi connectivity index (χ0v) is 11.0. The number of nitro benzene ring substituents is 1. The minimum Gasteiger partial charge on any atom is -0.258 e. The molecule has 0 bridgehead atoms. The summed E-state index contributed by atoms with van der Waals surface area (Å²) in [6, 6.07) is 9.97. The van der Waals surface area contributed by atoms with Gasteiger partial charge >= 0.3 is 0 Å². The lowest BCUT2D eigenvalue weighted by Gasteiger charge is -2.05. The average Bonchev–Trinajstić information content (AvgIpc) is 2.39. The van der Waals surface area contributed by atoms with Gasteiger partial charge in [0.1, 0.15) is 5.82 Å². The van der Waals surface area contributed by atoms with Gasteiger partial charge in [0.15, 0.2) is 9.84 Å². The van der Waals surface area contributed by atoms with Gasteiger partial charge in [-0.05, 0) is 24.3 Å². The Morgan fingerprint density at radius 2 is 1.65 bits per heavy atom. The fourth-order valence-electron chi connectivity index (χ4n) is 1.74. The Bertz CT molecular complexity index is 741. The zero-order chi connectivity index (χ0) is 14.8. The number of sulfone groups is 1. The number of hydrogen-bond acceptors (Lipinski definition) is 4. The predicted molar refractivity (Wildman–Crippen MR) is 70.4 cm³/mol. The van der Waals surface area contributed by atoms with Crippen LogP contribution in [-0.2, 0) is 15.6 Å². The quantitative estimate of drug-likeness (QED) is 0.493. The van der Waals surface area contributed by atoms with Crippen LogP contribution in [0.2, 0.25) is 0 Å². The van der Waals surface area contributed by atoms with Gasteiger partial charge in [0.2, 0.25) is 0 Å². The molecule has 0 aliphatic rings. The smallest absolute Gasteiger partial charge is 0.258 e. The van der Waals surface area contributed by atoms with Crippen molar-refractivity contribution in [1.29, 1.82) is 0 Å². The molecule has 0 aromatic heterocycles. The number of halogens is 1. The lowest BCUT2D eigenvalue weighted by Crippen LogP contribution is -2.07. The van der Waals surface area contributed by atoms with Gasteiger partial charge in [-0.25, -0.2) is 12.8 Å². The lowest BCUT2D eigenvalue weighted by molar-refractivity contribution is -0.385. The van der Waals surface area contributed by atoms with Crippen LogP contribution >= 0.6 is 0 Å². The average molecular weight is 295 g/mol. The van der Waals surface area contributed by atoms with Gasteiger partial charge in [0, 0.05) is 11.6 Å². The van der Waals surface area contributed by atoms with Gasteiger partial charge in [-0.15, -0.1) is 0 Å². The highest BCUT2D eigenvalue weighted by atomic mass is 32.2. The minimum atomic E-state index is -3.76. The van der Waals surface area contributed by atoms with E-state index in [1.54, 1.807) is 0 Å². The van der Waals surface area contributed by atoms with E-state index in [1.807, 2.05) is 0 Å². The summed E-state index contributed by atoms with van der Waals surface area (Å²) in [7, 11) is -3.76. The van der Waals surface area contributed by atoms with Crippen LogP contribution in [0.15, 0.2) is 53.4 Å². The third kappa shape index (κ3) is 3.00. The van der Waals surface area contributed by atoms with Crippen LogP contribution in [0.25, 0.3) is 0 Å². The molecular formula is C13H10FNO4S. The van der Waals surface area contributed by atoms with E-state index in [-0.39, 0.29) is 16.1 Å². The molecule has 0 aliphatic carbocycles. The number of nitrogens with zero attached hydrogens (tertiary/aromatic N) is 1. The maximum atomic E-state index is 12.8. The van der Waals surface area contributed by atoms with E-state index in [1.165, 1.54) is 24.3 Å². The molecule has 0 radical (unpaired) electrons. The Morgan fingerprint density at radius 1 is 1.05 bits per heavy atom. The Labute approximate surface area is 114 Å². The summed E-state index contributed by atoms with van der Waals surface area (Å²) < 4.78 is 37.1. The molecule has 0 atom stereocenters. The molecule has 0 heterocycles. The van der Waals surface area contributed by atoms with Gasteiger partial charge in [0.25, 0.3) is 5.69 Å². The molecule has 5 nitrogen and oxygen atoms in total. The maximum absolute atomic E-state index is 12.8. The van der Waals surface area contributed by atoms with Crippen molar-refractivity contribution in [3.63, 3.8) is 0 Å². The van der Waals surface area contributed by atoms with Crippen LogP contribution in [0.5, 0.6) is 0 Å². The third-order valence-corrected chi connectivity index (χ3v) is 4.39. The van der Waals surface area contributed by atoms with Crippen LogP contribution in [0, 0.1) is 15.9 Å². The SMILES string of the molecule is O=[N+]([O-])c1ccccc1CS(=O)(=O)c1ccc(F)cc1.